The zero-order valence-electron chi connectivity index (χ0n) is 10.5. The molecule has 0 aliphatic carbocycles. The molecule has 1 rings (SSSR count). The standard InChI is InChI=1S/C13H19Br2NS/c1-9(17-3)6-7-16-10(2)12-5-4-11(14)8-13(12)15/h4-5,8-10,16H,6-7H2,1-3H3. The van der Waals surface area contributed by atoms with Gasteiger partial charge in [-0.15, -0.1) is 0 Å². The van der Waals surface area contributed by atoms with E-state index in [0.29, 0.717) is 6.04 Å². The molecular formula is C13H19Br2NS. The third-order valence-electron chi connectivity index (χ3n) is 2.83. The minimum absolute atomic E-state index is 0.381. The van der Waals surface area contributed by atoms with Crippen molar-refractivity contribution in [3.63, 3.8) is 0 Å². The quantitative estimate of drug-likeness (QED) is 0.744. The third-order valence-corrected chi connectivity index (χ3v) is 5.05. The predicted molar refractivity (Wildman–Crippen MR) is 85.9 cm³/mol. The van der Waals surface area contributed by atoms with Gasteiger partial charge in [-0.2, -0.15) is 11.8 Å². The van der Waals surface area contributed by atoms with Crippen molar-refractivity contribution in [2.24, 2.45) is 0 Å². The Morgan fingerprint density at radius 2 is 2.00 bits per heavy atom. The Morgan fingerprint density at radius 3 is 2.59 bits per heavy atom. The number of rotatable bonds is 6. The van der Waals surface area contributed by atoms with E-state index in [2.05, 4.69) is 75.5 Å². The first-order chi connectivity index (χ1) is 8.04. The average molecular weight is 381 g/mol. The van der Waals surface area contributed by atoms with Gasteiger partial charge in [0.2, 0.25) is 0 Å². The Hall–Kier alpha value is 0.490. The molecule has 0 amide bonds. The molecule has 0 saturated carbocycles. The fraction of sp³-hybridized carbons (Fsp3) is 0.538. The molecule has 1 N–H and O–H groups in total. The Labute approximate surface area is 125 Å². The summed E-state index contributed by atoms with van der Waals surface area (Å²) in [7, 11) is 0. The summed E-state index contributed by atoms with van der Waals surface area (Å²) in [5.74, 6) is 0. The molecule has 2 unspecified atom stereocenters. The monoisotopic (exact) mass is 379 g/mol. The van der Waals surface area contributed by atoms with Crippen molar-refractivity contribution in [2.75, 3.05) is 12.8 Å². The zero-order chi connectivity index (χ0) is 12.8. The van der Waals surface area contributed by atoms with Gasteiger partial charge in [0, 0.05) is 20.2 Å². The van der Waals surface area contributed by atoms with Gasteiger partial charge in [-0.1, -0.05) is 44.8 Å². The van der Waals surface area contributed by atoms with E-state index in [1.54, 1.807) is 0 Å². The van der Waals surface area contributed by atoms with Crippen molar-refractivity contribution in [3.05, 3.63) is 32.7 Å². The van der Waals surface area contributed by atoms with Crippen LogP contribution in [-0.4, -0.2) is 18.1 Å². The van der Waals surface area contributed by atoms with Gasteiger partial charge in [0.15, 0.2) is 0 Å². The number of hydrogen-bond donors (Lipinski definition) is 1. The summed E-state index contributed by atoms with van der Waals surface area (Å²) in [6.07, 6.45) is 3.37. The van der Waals surface area contributed by atoms with E-state index in [0.717, 1.165) is 20.7 Å². The lowest BCUT2D eigenvalue weighted by atomic mass is 10.1. The summed E-state index contributed by atoms with van der Waals surface area (Å²) in [6.45, 7) is 5.54. The molecule has 0 fully saturated rings. The Balaban J connectivity index is 2.49. The maximum Gasteiger partial charge on any atom is 0.0302 e. The molecule has 0 bridgehead atoms. The smallest absolute Gasteiger partial charge is 0.0302 e. The van der Waals surface area contributed by atoms with Crippen molar-refractivity contribution in [1.29, 1.82) is 0 Å². The lowest BCUT2D eigenvalue weighted by Crippen LogP contribution is -2.22. The number of hydrogen-bond acceptors (Lipinski definition) is 2. The lowest BCUT2D eigenvalue weighted by molar-refractivity contribution is 0.556. The maximum absolute atomic E-state index is 3.61. The van der Waals surface area contributed by atoms with Gasteiger partial charge in [-0.25, -0.2) is 0 Å². The molecule has 1 aromatic carbocycles. The van der Waals surface area contributed by atoms with Crippen LogP contribution in [0, 0.1) is 0 Å². The van der Waals surface area contributed by atoms with Gasteiger partial charge in [0.25, 0.3) is 0 Å². The summed E-state index contributed by atoms with van der Waals surface area (Å²) in [5, 5.41) is 4.29. The van der Waals surface area contributed by atoms with Gasteiger partial charge >= 0.3 is 0 Å². The van der Waals surface area contributed by atoms with Gasteiger partial charge < -0.3 is 5.32 Å². The molecule has 0 aromatic heterocycles. The molecule has 0 aliphatic heterocycles. The molecule has 0 radical (unpaired) electrons. The van der Waals surface area contributed by atoms with E-state index in [-0.39, 0.29) is 0 Å². The van der Waals surface area contributed by atoms with Crippen LogP contribution in [0.25, 0.3) is 0 Å². The molecule has 0 heterocycles. The van der Waals surface area contributed by atoms with Crippen molar-refractivity contribution < 1.29 is 0 Å². The van der Waals surface area contributed by atoms with Crippen molar-refractivity contribution in [1.82, 2.24) is 5.32 Å². The van der Waals surface area contributed by atoms with E-state index < -0.39 is 0 Å². The van der Waals surface area contributed by atoms with Gasteiger partial charge in [0.05, 0.1) is 0 Å². The average Bonchev–Trinajstić information content (AvgIpc) is 2.28. The maximum atomic E-state index is 3.61. The highest BCUT2D eigenvalue weighted by molar-refractivity contribution is 9.11. The van der Waals surface area contributed by atoms with E-state index in [1.807, 2.05) is 11.8 Å². The molecule has 2 atom stereocenters. The number of halogens is 2. The zero-order valence-corrected chi connectivity index (χ0v) is 14.5. The summed E-state index contributed by atoms with van der Waals surface area (Å²) in [5.41, 5.74) is 1.31. The van der Waals surface area contributed by atoms with Crippen molar-refractivity contribution in [3.8, 4) is 0 Å². The Morgan fingerprint density at radius 1 is 1.29 bits per heavy atom. The second-order valence-corrected chi connectivity index (χ2v) is 7.22. The topological polar surface area (TPSA) is 12.0 Å². The van der Waals surface area contributed by atoms with Crippen molar-refractivity contribution >= 4 is 43.6 Å². The van der Waals surface area contributed by atoms with E-state index in [4.69, 9.17) is 0 Å². The molecule has 4 heteroatoms. The van der Waals surface area contributed by atoms with Crippen LogP contribution in [0.15, 0.2) is 27.1 Å². The summed E-state index contributed by atoms with van der Waals surface area (Å²) in [4.78, 5) is 0. The third kappa shape index (κ3) is 5.33. The minimum atomic E-state index is 0.381. The number of benzene rings is 1. The highest BCUT2D eigenvalue weighted by Gasteiger charge is 2.09. The van der Waals surface area contributed by atoms with Gasteiger partial charge in [-0.3, -0.25) is 0 Å². The largest absolute Gasteiger partial charge is 0.310 e. The van der Waals surface area contributed by atoms with Crippen LogP contribution in [0.4, 0.5) is 0 Å². The van der Waals surface area contributed by atoms with Crippen LogP contribution in [-0.2, 0) is 0 Å². The second kappa shape index (κ2) is 7.82. The molecule has 0 aliphatic rings. The molecule has 0 saturated heterocycles. The Bertz CT molecular complexity index is 357. The first-order valence-corrected chi connectivity index (χ1v) is 8.63. The fourth-order valence-corrected chi connectivity index (χ4v) is 3.33. The number of thioether (sulfide) groups is 1. The fourth-order valence-electron chi connectivity index (χ4n) is 1.58. The van der Waals surface area contributed by atoms with Crippen molar-refractivity contribution in [2.45, 2.75) is 31.6 Å². The SMILES string of the molecule is CSC(C)CCNC(C)c1ccc(Br)cc1Br. The molecular weight excluding hydrogens is 362 g/mol. The van der Waals surface area contributed by atoms with Crippen LogP contribution in [0.3, 0.4) is 0 Å². The first kappa shape index (κ1) is 15.5. The van der Waals surface area contributed by atoms with Crippen LogP contribution in [0.1, 0.15) is 31.9 Å². The lowest BCUT2D eigenvalue weighted by Gasteiger charge is -2.17. The molecule has 17 heavy (non-hydrogen) atoms. The highest BCUT2D eigenvalue weighted by Crippen LogP contribution is 2.26. The second-order valence-electron chi connectivity index (χ2n) is 4.18. The molecule has 1 nitrogen and oxygen atoms in total. The van der Waals surface area contributed by atoms with Crippen LogP contribution >= 0.6 is 43.6 Å². The van der Waals surface area contributed by atoms with Gasteiger partial charge in [0.1, 0.15) is 0 Å². The van der Waals surface area contributed by atoms with Gasteiger partial charge in [-0.05, 0) is 43.8 Å². The van der Waals surface area contributed by atoms with E-state index in [9.17, 15) is 0 Å². The minimum Gasteiger partial charge on any atom is -0.310 e. The summed E-state index contributed by atoms with van der Waals surface area (Å²) < 4.78 is 2.26. The highest BCUT2D eigenvalue weighted by atomic mass is 79.9. The van der Waals surface area contributed by atoms with Crippen LogP contribution in [0.5, 0.6) is 0 Å². The van der Waals surface area contributed by atoms with Crippen LogP contribution < -0.4 is 5.32 Å². The molecule has 0 spiro atoms. The normalized spacial score (nSPS) is 14.6. The Kier molecular flexibility index (Phi) is 7.15. The summed E-state index contributed by atoms with van der Waals surface area (Å²) in [6, 6.07) is 6.72. The number of nitrogens with one attached hydrogen (secondary N) is 1. The molecule has 1 aromatic rings. The van der Waals surface area contributed by atoms with E-state index in [1.165, 1.54) is 12.0 Å². The summed E-state index contributed by atoms with van der Waals surface area (Å²) >= 11 is 9.00. The van der Waals surface area contributed by atoms with E-state index >= 15 is 0 Å². The van der Waals surface area contributed by atoms with Crippen LogP contribution in [0.2, 0.25) is 0 Å². The molecule has 96 valence electrons. The first-order valence-electron chi connectivity index (χ1n) is 5.75. The predicted octanol–water partition coefficient (Wildman–Crippen LogP) is 5.00.